The van der Waals surface area contributed by atoms with Gasteiger partial charge in [0, 0.05) is 31.0 Å². The number of hydrogen-bond acceptors (Lipinski definition) is 2. The summed E-state index contributed by atoms with van der Waals surface area (Å²) in [6.45, 7) is 7.58. The summed E-state index contributed by atoms with van der Waals surface area (Å²) < 4.78 is 29.4. The minimum absolute atomic E-state index is 0.0696. The van der Waals surface area contributed by atoms with Gasteiger partial charge in [-0.1, -0.05) is 13.8 Å². The molecule has 120 valence electrons. The first-order valence-corrected chi connectivity index (χ1v) is 9.64. The molecule has 0 aliphatic carbocycles. The average molecular weight is 333 g/mol. The zero-order valence-electron chi connectivity index (χ0n) is 13.0. The maximum Gasteiger partial charge on any atom is 0.244 e. The molecule has 1 aromatic heterocycles. The van der Waals surface area contributed by atoms with Gasteiger partial charge in [-0.15, -0.1) is 11.6 Å². The lowest BCUT2D eigenvalue weighted by atomic mass is 9.97. The summed E-state index contributed by atoms with van der Waals surface area (Å²) in [6.07, 6.45) is 4.72. The van der Waals surface area contributed by atoms with Crippen LogP contribution in [0, 0.1) is 5.92 Å². The van der Waals surface area contributed by atoms with Gasteiger partial charge in [0.2, 0.25) is 10.0 Å². The van der Waals surface area contributed by atoms with Gasteiger partial charge >= 0.3 is 0 Å². The normalized spacial score (nSPS) is 24.4. The van der Waals surface area contributed by atoms with E-state index in [1.54, 1.807) is 16.6 Å². The quantitative estimate of drug-likeness (QED) is 0.775. The molecule has 0 radical (unpaired) electrons. The molecule has 0 bridgehead atoms. The number of halogens is 1. The number of alkyl halides is 1. The molecule has 0 spiro atoms. The largest absolute Gasteiger partial charge is 0.349 e. The lowest BCUT2D eigenvalue weighted by Gasteiger charge is -2.35. The predicted octanol–water partition coefficient (Wildman–Crippen LogP) is 3.45. The van der Waals surface area contributed by atoms with Crippen molar-refractivity contribution < 1.29 is 8.42 Å². The fourth-order valence-electron chi connectivity index (χ4n) is 2.94. The molecule has 6 heteroatoms. The molecule has 4 nitrogen and oxygen atoms in total. The summed E-state index contributed by atoms with van der Waals surface area (Å²) in [5.74, 6) is 0.753. The van der Waals surface area contributed by atoms with Crippen LogP contribution in [0.1, 0.15) is 45.7 Å². The van der Waals surface area contributed by atoms with Crippen LogP contribution in [0.15, 0.2) is 17.2 Å². The Morgan fingerprint density at radius 1 is 1.33 bits per heavy atom. The van der Waals surface area contributed by atoms with Gasteiger partial charge < -0.3 is 4.57 Å². The van der Waals surface area contributed by atoms with Gasteiger partial charge in [-0.25, -0.2) is 8.42 Å². The second-order valence-electron chi connectivity index (χ2n) is 6.10. The number of aromatic nitrogens is 1. The van der Waals surface area contributed by atoms with Crippen LogP contribution >= 0.6 is 11.6 Å². The molecule has 1 saturated heterocycles. The lowest BCUT2D eigenvalue weighted by Crippen LogP contribution is -2.44. The molecule has 0 N–H and O–H groups in total. The molecule has 21 heavy (non-hydrogen) atoms. The minimum Gasteiger partial charge on any atom is -0.349 e. The first kappa shape index (κ1) is 16.8. The van der Waals surface area contributed by atoms with E-state index in [4.69, 9.17) is 11.6 Å². The third-order valence-corrected chi connectivity index (χ3v) is 6.45. The minimum atomic E-state index is -3.42. The SMILES string of the molecule is CCCn1cc(S(=O)(=O)N2CC(C)CCC2C)cc1CCl. The van der Waals surface area contributed by atoms with Gasteiger partial charge in [0.1, 0.15) is 4.90 Å². The third kappa shape index (κ3) is 3.46. The first-order valence-electron chi connectivity index (χ1n) is 7.67. The van der Waals surface area contributed by atoms with Gasteiger partial charge in [-0.2, -0.15) is 4.31 Å². The molecule has 2 atom stereocenters. The van der Waals surface area contributed by atoms with E-state index in [1.807, 2.05) is 11.5 Å². The average Bonchev–Trinajstić information content (AvgIpc) is 2.85. The second-order valence-corrected chi connectivity index (χ2v) is 8.26. The zero-order chi connectivity index (χ0) is 15.6. The van der Waals surface area contributed by atoms with Crippen molar-refractivity contribution in [2.24, 2.45) is 5.92 Å². The van der Waals surface area contributed by atoms with Gasteiger partial charge in [0.25, 0.3) is 0 Å². The number of sulfonamides is 1. The zero-order valence-corrected chi connectivity index (χ0v) is 14.6. The highest BCUT2D eigenvalue weighted by Crippen LogP contribution is 2.29. The summed E-state index contributed by atoms with van der Waals surface area (Å²) in [5.41, 5.74) is 0.870. The van der Waals surface area contributed by atoms with Crippen molar-refractivity contribution in [3.05, 3.63) is 18.0 Å². The topological polar surface area (TPSA) is 42.3 Å². The van der Waals surface area contributed by atoms with Gasteiger partial charge in [-0.05, 0) is 38.2 Å². The molecule has 2 heterocycles. The van der Waals surface area contributed by atoms with Crippen molar-refractivity contribution in [2.45, 2.75) is 63.4 Å². The smallest absolute Gasteiger partial charge is 0.244 e. The van der Waals surface area contributed by atoms with Crippen molar-refractivity contribution in [2.75, 3.05) is 6.54 Å². The highest BCUT2D eigenvalue weighted by Gasteiger charge is 2.34. The van der Waals surface area contributed by atoms with Gasteiger partial charge in [0.15, 0.2) is 0 Å². The van der Waals surface area contributed by atoms with Crippen LogP contribution in [0.25, 0.3) is 0 Å². The van der Waals surface area contributed by atoms with Crippen molar-refractivity contribution in [1.82, 2.24) is 8.87 Å². The van der Waals surface area contributed by atoms with E-state index < -0.39 is 10.0 Å². The number of nitrogens with zero attached hydrogens (tertiary/aromatic N) is 2. The molecular weight excluding hydrogens is 308 g/mol. The Morgan fingerprint density at radius 2 is 2.05 bits per heavy atom. The highest BCUT2D eigenvalue weighted by molar-refractivity contribution is 7.89. The Kier molecular flexibility index (Phi) is 5.38. The molecule has 2 rings (SSSR count). The molecule has 1 aromatic rings. The number of piperidine rings is 1. The van der Waals surface area contributed by atoms with Crippen LogP contribution in [-0.2, 0) is 22.4 Å². The maximum absolute atomic E-state index is 12.9. The molecular formula is C15H25ClN2O2S. The van der Waals surface area contributed by atoms with Crippen molar-refractivity contribution >= 4 is 21.6 Å². The predicted molar refractivity (Wildman–Crippen MR) is 86.0 cm³/mol. The first-order chi connectivity index (χ1) is 9.90. The molecule has 0 aromatic carbocycles. The van der Waals surface area contributed by atoms with Crippen LogP contribution in [0.3, 0.4) is 0 Å². The van der Waals surface area contributed by atoms with Crippen LogP contribution in [0.2, 0.25) is 0 Å². The number of aryl methyl sites for hydroxylation is 1. The van der Waals surface area contributed by atoms with Gasteiger partial charge in [0.05, 0.1) is 5.88 Å². The van der Waals surface area contributed by atoms with E-state index >= 15 is 0 Å². The Balaban J connectivity index is 2.34. The summed E-state index contributed by atoms with van der Waals surface area (Å²) in [7, 11) is -3.42. The highest BCUT2D eigenvalue weighted by atomic mass is 35.5. The van der Waals surface area contributed by atoms with E-state index in [0.717, 1.165) is 31.5 Å². The monoisotopic (exact) mass is 332 g/mol. The molecule has 1 fully saturated rings. The van der Waals surface area contributed by atoms with E-state index in [2.05, 4.69) is 13.8 Å². The maximum atomic E-state index is 12.9. The van der Waals surface area contributed by atoms with Crippen molar-refractivity contribution in [3.63, 3.8) is 0 Å². The van der Waals surface area contributed by atoms with E-state index in [9.17, 15) is 8.42 Å². The lowest BCUT2D eigenvalue weighted by molar-refractivity contribution is 0.218. The van der Waals surface area contributed by atoms with Crippen LogP contribution in [0.5, 0.6) is 0 Å². The Bertz CT molecular complexity index is 582. The Morgan fingerprint density at radius 3 is 2.67 bits per heavy atom. The number of hydrogen-bond donors (Lipinski definition) is 0. The van der Waals surface area contributed by atoms with Crippen LogP contribution in [-0.4, -0.2) is 29.9 Å². The van der Waals surface area contributed by atoms with E-state index in [-0.39, 0.29) is 6.04 Å². The molecule has 1 aliphatic rings. The summed E-state index contributed by atoms with van der Waals surface area (Å²) in [4.78, 5) is 0.382. The fourth-order valence-corrected chi connectivity index (χ4v) is 5.02. The summed E-state index contributed by atoms with van der Waals surface area (Å²) >= 11 is 5.94. The molecule has 0 saturated carbocycles. The van der Waals surface area contributed by atoms with Crippen LogP contribution in [0.4, 0.5) is 0 Å². The van der Waals surface area contributed by atoms with Crippen molar-refractivity contribution in [3.8, 4) is 0 Å². The van der Waals surface area contributed by atoms with Crippen molar-refractivity contribution in [1.29, 1.82) is 0 Å². The molecule has 2 unspecified atom stereocenters. The second kappa shape index (κ2) is 6.71. The standard InChI is InChI=1S/C15H25ClN2O2S/c1-4-7-17-11-15(8-14(17)9-16)21(19,20)18-10-12(2)5-6-13(18)3/h8,11-13H,4-7,9-10H2,1-3H3. The summed E-state index contributed by atoms with van der Waals surface area (Å²) in [6, 6.07) is 1.80. The number of rotatable bonds is 5. The Labute approximate surface area is 133 Å². The van der Waals surface area contributed by atoms with Crippen LogP contribution < -0.4 is 0 Å². The van der Waals surface area contributed by atoms with E-state index in [0.29, 0.717) is 23.2 Å². The molecule has 1 aliphatic heterocycles. The molecule has 0 amide bonds. The van der Waals surface area contributed by atoms with E-state index in [1.165, 1.54) is 0 Å². The fraction of sp³-hybridized carbons (Fsp3) is 0.733. The Hall–Kier alpha value is -0.520. The third-order valence-electron chi connectivity index (χ3n) is 4.23. The van der Waals surface area contributed by atoms with Gasteiger partial charge in [-0.3, -0.25) is 0 Å². The summed E-state index contributed by atoms with van der Waals surface area (Å²) in [5, 5.41) is 0.